The second-order valence-electron chi connectivity index (χ2n) is 19.3. The van der Waals surface area contributed by atoms with E-state index in [4.69, 9.17) is 4.74 Å². The van der Waals surface area contributed by atoms with Crippen molar-refractivity contribution >= 4 is 11.9 Å². The number of hydrogen-bond donors (Lipinski definition) is 3. The van der Waals surface area contributed by atoms with Crippen molar-refractivity contribution in [3.05, 3.63) is 24.3 Å². The Balaban J connectivity index is 3.49. The Morgan fingerprint density at radius 2 is 0.746 bits per heavy atom. The van der Waals surface area contributed by atoms with Crippen LogP contribution < -0.4 is 5.32 Å². The van der Waals surface area contributed by atoms with E-state index in [-0.39, 0.29) is 18.5 Å². The smallest absolute Gasteiger partial charge is 0.305 e. The Morgan fingerprint density at radius 3 is 1.13 bits per heavy atom. The van der Waals surface area contributed by atoms with Gasteiger partial charge in [-0.05, 0) is 57.8 Å². The molecule has 6 heteroatoms. The Hall–Kier alpha value is -1.66. The molecule has 6 nitrogen and oxygen atoms in total. The average Bonchev–Trinajstić information content (AvgIpc) is 3.28. The number of esters is 1. The highest BCUT2D eigenvalue weighted by Gasteiger charge is 2.18. The summed E-state index contributed by atoms with van der Waals surface area (Å²) in [6.45, 7) is 4.88. The number of aliphatic hydroxyl groups excluding tert-OH is 2. The fourth-order valence-electron chi connectivity index (χ4n) is 8.63. The Kier molecular flexibility index (Phi) is 51.6. The number of rotatable bonds is 52. The third kappa shape index (κ3) is 49.6. The SMILES string of the molecule is CCCCCCCCCCCCCCCC/C=C/C(O)C(CO)NC(=O)CCCCCCCCC/C=C\CCCCCCOC(=O)CCCCCCCCCCCCCCCCC. The van der Waals surface area contributed by atoms with Crippen LogP contribution in [0, 0.1) is 0 Å². The molecule has 0 saturated heterocycles. The molecule has 0 heterocycles. The highest BCUT2D eigenvalue weighted by Crippen LogP contribution is 2.16. The summed E-state index contributed by atoms with van der Waals surface area (Å²) < 4.78 is 5.46. The lowest BCUT2D eigenvalue weighted by Gasteiger charge is -2.20. The molecule has 372 valence electrons. The first-order chi connectivity index (χ1) is 31.0. The van der Waals surface area contributed by atoms with Gasteiger partial charge >= 0.3 is 5.97 Å². The molecule has 0 spiro atoms. The summed E-state index contributed by atoms with van der Waals surface area (Å²) in [6.07, 6.45) is 63.3. The molecule has 0 aromatic heterocycles. The van der Waals surface area contributed by atoms with Gasteiger partial charge in [0, 0.05) is 12.8 Å². The van der Waals surface area contributed by atoms with E-state index in [1.807, 2.05) is 6.08 Å². The van der Waals surface area contributed by atoms with E-state index in [9.17, 15) is 19.8 Å². The minimum Gasteiger partial charge on any atom is -0.466 e. The topological polar surface area (TPSA) is 95.9 Å². The maximum absolute atomic E-state index is 12.4. The van der Waals surface area contributed by atoms with Gasteiger partial charge in [-0.25, -0.2) is 0 Å². The van der Waals surface area contributed by atoms with Gasteiger partial charge in [-0.15, -0.1) is 0 Å². The van der Waals surface area contributed by atoms with Crippen molar-refractivity contribution in [1.29, 1.82) is 0 Å². The summed E-state index contributed by atoms with van der Waals surface area (Å²) in [5.74, 6) is -0.0900. The maximum atomic E-state index is 12.4. The summed E-state index contributed by atoms with van der Waals surface area (Å²) >= 11 is 0. The van der Waals surface area contributed by atoms with Gasteiger partial charge in [-0.3, -0.25) is 9.59 Å². The predicted octanol–water partition coefficient (Wildman–Crippen LogP) is 17.1. The zero-order valence-electron chi connectivity index (χ0n) is 42.3. The molecule has 0 bridgehead atoms. The molecule has 0 aliphatic rings. The minimum absolute atomic E-state index is 0.00824. The van der Waals surface area contributed by atoms with Crippen LogP contribution >= 0.6 is 0 Å². The minimum atomic E-state index is -0.854. The standard InChI is InChI=1S/C57H109NO5/c1-3-5-7-9-11-13-15-17-19-22-25-29-33-37-41-45-49-55(60)54(53-59)58-56(61)50-46-42-38-34-30-26-23-20-24-28-32-36-40-44-48-52-63-57(62)51-47-43-39-35-31-27-21-18-16-14-12-10-8-6-4-2/h24,28,45,49,54-55,59-60H,3-23,25-27,29-44,46-48,50-53H2,1-2H3,(H,58,61)/b28-24-,49-45+. The van der Waals surface area contributed by atoms with E-state index in [1.54, 1.807) is 6.08 Å². The fourth-order valence-corrected chi connectivity index (χ4v) is 8.63. The first kappa shape index (κ1) is 61.3. The molecule has 0 aromatic rings. The highest BCUT2D eigenvalue weighted by atomic mass is 16.5. The van der Waals surface area contributed by atoms with Crippen molar-refractivity contribution in [1.82, 2.24) is 5.32 Å². The molecule has 0 rings (SSSR count). The van der Waals surface area contributed by atoms with E-state index in [0.29, 0.717) is 19.4 Å². The third-order valence-corrected chi connectivity index (χ3v) is 13.0. The molecule has 0 aromatic carbocycles. The van der Waals surface area contributed by atoms with Crippen LogP contribution in [0.3, 0.4) is 0 Å². The summed E-state index contributed by atoms with van der Waals surface area (Å²) in [7, 11) is 0. The number of aliphatic hydroxyl groups is 2. The normalized spacial score (nSPS) is 12.8. The van der Waals surface area contributed by atoms with Crippen molar-refractivity contribution in [2.75, 3.05) is 13.2 Å². The van der Waals surface area contributed by atoms with Crippen LogP contribution in [-0.2, 0) is 14.3 Å². The molecule has 63 heavy (non-hydrogen) atoms. The monoisotopic (exact) mass is 888 g/mol. The van der Waals surface area contributed by atoms with Crippen molar-refractivity contribution in [2.24, 2.45) is 0 Å². The van der Waals surface area contributed by atoms with Crippen LogP contribution in [0.2, 0.25) is 0 Å². The van der Waals surface area contributed by atoms with Crippen LogP contribution in [0.25, 0.3) is 0 Å². The number of carbonyl (C=O) groups is 2. The Morgan fingerprint density at radius 1 is 0.429 bits per heavy atom. The number of hydrogen-bond acceptors (Lipinski definition) is 5. The number of amides is 1. The predicted molar refractivity (Wildman–Crippen MR) is 273 cm³/mol. The van der Waals surface area contributed by atoms with Crippen LogP contribution in [0.5, 0.6) is 0 Å². The molecule has 0 aliphatic carbocycles. The van der Waals surface area contributed by atoms with Crippen LogP contribution in [-0.4, -0.2) is 47.4 Å². The summed E-state index contributed by atoms with van der Waals surface area (Å²) in [6, 6.07) is -0.639. The average molecular weight is 889 g/mol. The van der Waals surface area contributed by atoms with E-state index < -0.39 is 12.1 Å². The molecule has 0 aliphatic heterocycles. The quantitative estimate of drug-likeness (QED) is 0.0321. The second kappa shape index (κ2) is 53.0. The molecule has 3 N–H and O–H groups in total. The molecular formula is C57H109NO5. The van der Waals surface area contributed by atoms with Crippen molar-refractivity contribution in [3.63, 3.8) is 0 Å². The van der Waals surface area contributed by atoms with Gasteiger partial charge in [0.2, 0.25) is 5.91 Å². The Labute approximate surface area is 392 Å². The van der Waals surface area contributed by atoms with E-state index in [0.717, 1.165) is 70.6 Å². The number of unbranched alkanes of at least 4 members (excludes halogenated alkanes) is 39. The molecular weight excluding hydrogens is 779 g/mol. The van der Waals surface area contributed by atoms with Crippen LogP contribution in [0.4, 0.5) is 0 Å². The third-order valence-electron chi connectivity index (χ3n) is 13.0. The number of allylic oxidation sites excluding steroid dienone is 3. The van der Waals surface area contributed by atoms with E-state index in [1.165, 1.54) is 205 Å². The largest absolute Gasteiger partial charge is 0.466 e. The van der Waals surface area contributed by atoms with Gasteiger partial charge in [0.15, 0.2) is 0 Å². The lowest BCUT2D eigenvalue weighted by atomic mass is 10.0. The fraction of sp³-hybridized carbons (Fsp3) is 0.895. The van der Waals surface area contributed by atoms with Gasteiger partial charge in [-0.2, -0.15) is 0 Å². The van der Waals surface area contributed by atoms with Crippen molar-refractivity contribution in [2.45, 2.75) is 315 Å². The number of ether oxygens (including phenoxy) is 1. The molecule has 0 fully saturated rings. The van der Waals surface area contributed by atoms with Crippen molar-refractivity contribution in [3.8, 4) is 0 Å². The second-order valence-corrected chi connectivity index (χ2v) is 19.3. The number of carbonyl (C=O) groups excluding carboxylic acids is 2. The summed E-state index contributed by atoms with van der Waals surface area (Å²) in [5.41, 5.74) is 0. The van der Waals surface area contributed by atoms with Crippen molar-refractivity contribution < 1.29 is 24.5 Å². The summed E-state index contributed by atoms with van der Waals surface area (Å²) in [4.78, 5) is 24.5. The number of nitrogens with one attached hydrogen (secondary N) is 1. The van der Waals surface area contributed by atoms with E-state index >= 15 is 0 Å². The zero-order chi connectivity index (χ0) is 45.8. The lowest BCUT2D eigenvalue weighted by Crippen LogP contribution is -2.45. The molecule has 2 atom stereocenters. The van der Waals surface area contributed by atoms with Gasteiger partial charge in [0.1, 0.15) is 0 Å². The van der Waals surface area contributed by atoms with Crippen LogP contribution in [0.1, 0.15) is 303 Å². The van der Waals surface area contributed by atoms with Gasteiger partial charge in [0.05, 0.1) is 25.4 Å². The van der Waals surface area contributed by atoms with Gasteiger partial charge in [0.25, 0.3) is 0 Å². The molecule has 0 radical (unpaired) electrons. The Bertz CT molecular complexity index is 982. The molecule has 2 unspecified atom stereocenters. The maximum Gasteiger partial charge on any atom is 0.305 e. The van der Waals surface area contributed by atoms with E-state index in [2.05, 4.69) is 31.3 Å². The zero-order valence-corrected chi connectivity index (χ0v) is 42.3. The molecule has 0 saturated carbocycles. The summed E-state index contributed by atoms with van der Waals surface area (Å²) in [5, 5.41) is 23.1. The first-order valence-electron chi connectivity index (χ1n) is 28.1. The highest BCUT2D eigenvalue weighted by molar-refractivity contribution is 5.76. The lowest BCUT2D eigenvalue weighted by molar-refractivity contribution is -0.143. The molecule has 1 amide bonds. The van der Waals surface area contributed by atoms with Gasteiger partial charge < -0.3 is 20.3 Å². The van der Waals surface area contributed by atoms with Crippen LogP contribution in [0.15, 0.2) is 24.3 Å². The first-order valence-corrected chi connectivity index (χ1v) is 28.1. The van der Waals surface area contributed by atoms with Gasteiger partial charge in [-0.1, -0.05) is 256 Å².